The number of carbonyl (C=O) groups is 1. The minimum Gasteiger partial charge on any atom is -0.496 e. The summed E-state index contributed by atoms with van der Waals surface area (Å²) in [5.74, 6) is -0.588. The zero-order valence-corrected chi connectivity index (χ0v) is 14.2. The Kier molecular flexibility index (Phi) is 5.39. The van der Waals surface area contributed by atoms with Gasteiger partial charge in [0, 0.05) is 27.8 Å². The highest BCUT2D eigenvalue weighted by Gasteiger charge is 2.12. The summed E-state index contributed by atoms with van der Waals surface area (Å²) in [6.45, 7) is 1.50. The molecule has 0 radical (unpaired) electrons. The van der Waals surface area contributed by atoms with Gasteiger partial charge in [-0.15, -0.1) is 11.3 Å². The maximum atomic E-state index is 11.2. The summed E-state index contributed by atoms with van der Waals surface area (Å²) in [5.41, 5.74) is 1.15. The molecule has 1 aromatic heterocycles. The summed E-state index contributed by atoms with van der Waals surface area (Å²) in [6.07, 6.45) is 0. The zero-order valence-electron chi connectivity index (χ0n) is 11.8. The molecule has 1 aromatic carbocycles. The lowest BCUT2D eigenvalue weighted by atomic mass is 10.1. The number of ether oxygens (including phenoxy) is 1. The van der Waals surface area contributed by atoms with Crippen LogP contribution in [-0.2, 0) is 13.1 Å². The Morgan fingerprint density at radius 2 is 2.14 bits per heavy atom. The average molecular weight is 370 g/mol. The number of halogens is 1. The van der Waals surface area contributed by atoms with Gasteiger partial charge in [-0.05, 0) is 46.7 Å². The minimum absolute atomic E-state index is 0.197. The maximum absolute atomic E-state index is 11.2. The fourth-order valence-electron chi connectivity index (χ4n) is 2.09. The van der Waals surface area contributed by atoms with Crippen molar-refractivity contribution in [1.82, 2.24) is 4.90 Å². The van der Waals surface area contributed by atoms with Crippen LogP contribution < -0.4 is 4.74 Å². The van der Waals surface area contributed by atoms with Crippen molar-refractivity contribution >= 4 is 33.2 Å². The van der Waals surface area contributed by atoms with E-state index in [-0.39, 0.29) is 5.56 Å². The van der Waals surface area contributed by atoms with Crippen molar-refractivity contribution in [2.24, 2.45) is 0 Å². The highest BCUT2D eigenvalue weighted by molar-refractivity contribution is 9.10. The molecule has 0 aliphatic heterocycles. The van der Waals surface area contributed by atoms with Crippen molar-refractivity contribution < 1.29 is 14.6 Å². The third-order valence-electron chi connectivity index (χ3n) is 2.99. The highest BCUT2D eigenvalue weighted by Crippen LogP contribution is 2.23. The molecule has 0 aliphatic carbocycles. The molecule has 0 aliphatic rings. The molecule has 0 saturated carbocycles. The smallest absolute Gasteiger partial charge is 0.339 e. The predicted molar refractivity (Wildman–Crippen MR) is 87.1 cm³/mol. The molecule has 0 bridgehead atoms. The van der Waals surface area contributed by atoms with Crippen molar-refractivity contribution in [1.29, 1.82) is 0 Å². The molecular formula is C15H16BrNO3S. The molecule has 21 heavy (non-hydrogen) atoms. The number of carboxylic acids is 1. The van der Waals surface area contributed by atoms with Crippen LogP contribution in [0.1, 0.15) is 20.8 Å². The second-order valence-electron chi connectivity index (χ2n) is 4.74. The second kappa shape index (κ2) is 7.06. The van der Waals surface area contributed by atoms with Gasteiger partial charge in [-0.2, -0.15) is 0 Å². The monoisotopic (exact) mass is 369 g/mol. The lowest BCUT2D eigenvalue weighted by molar-refractivity contribution is 0.0693. The molecule has 0 spiro atoms. The number of aromatic carboxylic acids is 1. The lowest BCUT2D eigenvalue weighted by Gasteiger charge is -2.16. The fourth-order valence-corrected chi connectivity index (χ4v) is 3.62. The van der Waals surface area contributed by atoms with Crippen LogP contribution in [0.4, 0.5) is 0 Å². The number of rotatable bonds is 6. The summed E-state index contributed by atoms with van der Waals surface area (Å²) in [7, 11) is 3.49. The van der Waals surface area contributed by atoms with Gasteiger partial charge in [-0.25, -0.2) is 4.79 Å². The van der Waals surface area contributed by atoms with E-state index in [0.29, 0.717) is 12.3 Å². The van der Waals surface area contributed by atoms with E-state index in [0.717, 1.165) is 16.6 Å². The molecular weight excluding hydrogens is 354 g/mol. The number of thiophene rings is 1. The Hall–Kier alpha value is -1.37. The minimum atomic E-state index is -0.974. The molecule has 1 heterocycles. The molecule has 0 unspecified atom stereocenters. The van der Waals surface area contributed by atoms with Crippen LogP contribution >= 0.6 is 27.3 Å². The molecule has 0 amide bonds. The van der Waals surface area contributed by atoms with Gasteiger partial charge in [0.05, 0.1) is 7.11 Å². The predicted octanol–water partition coefficient (Wildman–Crippen LogP) is 3.85. The Balaban J connectivity index is 2.08. The topological polar surface area (TPSA) is 49.8 Å². The molecule has 0 fully saturated rings. The van der Waals surface area contributed by atoms with Crippen molar-refractivity contribution in [3.8, 4) is 5.75 Å². The molecule has 2 rings (SSSR count). The number of carboxylic acid groups (broad SMARTS) is 1. The molecule has 1 N–H and O–H groups in total. The normalized spacial score (nSPS) is 10.9. The Bertz CT molecular complexity index is 642. The van der Waals surface area contributed by atoms with Crippen LogP contribution in [0.15, 0.2) is 34.1 Å². The van der Waals surface area contributed by atoms with Crippen molar-refractivity contribution in [2.75, 3.05) is 14.2 Å². The SMILES string of the molecule is COc1ccc(CN(C)Cc2cc(Br)cs2)cc1C(=O)O. The Morgan fingerprint density at radius 1 is 1.38 bits per heavy atom. The van der Waals surface area contributed by atoms with Gasteiger partial charge in [0.15, 0.2) is 0 Å². The number of hydrogen-bond donors (Lipinski definition) is 1. The summed E-state index contributed by atoms with van der Waals surface area (Å²) >= 11 is 5.14. The molecule has 0 atom stereocenters. The average Bonchev–Trinajstić information content (AvgIpc) is 2.83. The molecule has 112 valence electrons. The standard InChI is InChI=1S/C15H16BrNO3S/c1-17(8-12-6-11(16)9-21-12)7-10-3-4-14(20-2)13(5-10)15(18)19/h3-6,9H,7-8H2,1-2H3,(H,18,19). The first-order valence-electron chi connectivity index (χ1n) is 6.31. The van der Waals surface area contributed by atoms with Gasteiger partial charge >= 0.3 is 5.97 Å². The van der Waals surface area contributed by atoms with E-state index in [1.165, 1.54) is 12.0 Å². The van der Waals surface area contributed by atoms with E-state index in [1.54, 1.807) is 23.5 Å². The maximum Gasteiger partial charge on any atom is 0.339 e. The van der Waals surface area contributed by atoms with E-state index in [1.807, 2.05) is 13.1 Å². The van der Waals surface area contributed by atoms with Crippen LogP contribution in [0, 0.1) is 0 Å². The van der Waals surface area contributed by atoms with Gasteiger partial charge in [0.25, 0.3) is 0 Å². The van der Waals surface area contributed by atoms with Crippen molar-refractivity contribution in [3.05, 3.63) is 50.1 Å². The molecule has 0 saturated heterocycles. The van der Waals surface area contributed by atoms with E-state index in [9.17, 15) is 9.90 Å². The summed E-state index contributed by atoms with van der Waals surface area (Å²) in [5, 5.41) is 11.3. The van der Waals surface area contributed by atoms with Crippen LogP contribution in [-0.4, -0.2) is 30.1 Å². The van der Waals surface area contributed by atoms with Crippen LogP contribution in [0.25, 0.3) is 0 Å². The van der Waals surface area contributed by atoms with E-state index in [4.69, 9.17) is 4.74 Å². The first-order valence-corrected chi connectivity index (χ1v) is 7.98. The summed E-state index contributed by atoms with van der Waals surface area (Å²) < 4.78 is 6.16. The number of methoxy groups -OCH3 is 1. The first-order chi connectivity index (χ1) is 9.99. The van der Waals surface area contributed by atoms with Crippen molar-refractivity contribution in [3.63, 3.8) is 0 Å². The summed E-state index contributed by atoms with van der Waals surface area (Å²) in [4.78, 5) is 14.6. The van der Waals surface area contributed by atoms with Gasteiger partial charge in [-0.1, -0.05) is 6.07 Å². The van der Waals surface area contributed by atoms with Gasteiger partial charge in [0.2, 0.25) is 0 Å². The molecule has 2 aromatic rings. The van der Waals surface area contributed by atoms with Gasteiger partial charge in [-0.3, -0.25) is 4.90 Å². The molecule has 4 nitrogen and oxygen atoms in total. The highest BCUT2D eigenvalue weighted by atomic mass is 79.9. The molecule has 6 heteroatoms. The van der Waals surface area contributed by atoms with Crippen molar-refractivity contribution in [2.45, 2.75) is 13.1 Å². The van der Waals surface area contributed by atoms with Crippen LogP contribution in [0.5, 0.6) is 5.75 Å². The quantitative estimate of drug-likeness (QED) is 0.839. The Morgan fingerprint density at radius 3 is 2.71 bits per heavy atom. The van der Waals surface area contributed by atoms with E-state index >= 15 is 0 Å². The van der Waals surface area contributed by atoms with Crippen LogP contribution in [0.3, 0.4) is 0 Å². The third kappa shape index (κ3) is 4.30. The lowest BCUT2D eigenvalue weighted by Crippen LogP contribution is -2.17. The van der Waals surface area contributed by atoms with E-state index < -0.39 is 5.97 Å². The van der Waals surface area contributed by atoms with Gasteiger partial charge in [0.1, 0.15) is 11.3 Å². The Labute approximate surface area is 136 Å². The second-order valence-corrected chi connectivity index (χ2v) is 6.65. The third-order valence-corrected chi connectivity index (χ3v) is 4.68. The largest absolute Gasteiger partial charge is 0.496 e. The van der Waals surface area contributed by atoms with E-state index in [2.05, 4.69) is 32.3 Å². The van der Waals surface area contributed by atoms with Crippen LogP contribution in [0.2, 0.25) is 0 Å². The fraction of sp³-hybridized carbons (Fsp3) is 0.267. The van der Waals surface area contributed by atoms with Gasteiger partial charge < -0.3 is 9.84 Å². The number of nitrogens with zero attached hydrogens (tertiary/aromatic N) is 1. The number of hydrogen-bond acceptors (Lipinski definition) is 4. The summed E-state index contributed by atoms with van der Waals surface area (Å²) in [6, 6.07) is 7.36. The zero-order chi connectivity index (χ0) is 15.4. The first kappa shape index (κ1) is 16.0. The number of benzene rings is 1.